The first kappa shape index (κ1) is 31.7. The largest absolute Gasteiger partial charge is 1.00 e. The molecule has 0 rings (SSSR count). The summed E-state index contributed by atoms with van der Waals surface area (Å²) in [6.45, 7) is 0. The smallest absolute Gasteiger partial charge is 0.544 e. The van der Waals surface area contributed by atoms with E-state index in [4.69, 9.17) is 0 Å². The predicted molar refractivity (Wildman–Crippen MR) is 44.4 cm³/mol. The Morgan fingerprint density at radius 1 is 0.519 bits per heavy atom. The van der Waals surface area contributed by atoms with E-state index >= 15 is 0 Å². The SMILES string of the molecule is O.O=C([O-])C(F)(F)C(F)(F)C(F)(F)C(F)(F)C(F)(F)C(F)(F)C(F)(F)F.[K+]. The van der Waals surface area contributed by atoms with Gasteiger partial charge in [0.1, 0.15) is 5.97 Å². The molecule has 0 aliphatic heterocycles. The number of aliphatic carboxylic acids is 1. The maximum atomic E-state index is 12.8. The number of hydrogen-bond acceptors (Lipinski definition) is 2. The van der Waals surface area contributed by atoms with Gasteiger partial charge in [0.05, 0.1) is 0 Å². The molecule has 3 nitrogen and oxygen atoms in total. The summed E-state index contributed by atoms with van der Waals surface area (Å²) >= 11 is 0. The Hall–Kier alpha value is 0.0164. The quantitative estimate of drug-likeness (QED) is 0.381. The van der Waals surface area contributed by atoms with Gasteiger partial charge >= 0.3 is 93.1 Å². The second-order valence-corrected chi connectivity index (χ2v) is 4.23. The van der Waals surface area contributed by atoms with E-state index in [1.54, 1.807) is 0 Å². The van der Waals surface area contributed by atoms with Crippen LogP contribution in [0.4, 0.5) is 65.9 Å². The van der Waals surface area contributed by atoms with Crippen molar-refractivity contribution in [2.75, 3.05) is 0 Å². The van der Waals surface area contributed by atoms with Gasteiger partial charge in [-0.05, 0) is 0 Å². The summed E-state index contributed by atoms with van der Waals surface area (Å²) in [5.41, 5.74) is 0. The summed E-state index contributed by atoms with van der Waals surface area (Å²) in [5.74, 6) is -53.3. The maximum Gasteiger partial charge on any atom is 1.00 e. The van der Waals surface area contributed by atoms with Crippen molar-refractivity contribution in [1.82, 2.24) is 0 Å². The van der Waals surface area contributed by atoms with E-state index in [0.717, 1.165) is 0 Å². The molecule has 0 bridgehead atoms. The fourth-order valence-corrected chi connectivity index (χ4v) is 1.09. The maximum absolute atomic E-state index is 12.8. The number of carboxylic acids is 1. The zero-order valence-corrected chi connectivity index (χ0v) is 15.1. The molecule has 0 unspecified atom stereocenters. The number of alkyl halides is 15. The van der Waals surface area contributed by atoms with Gasteiger partial charge in [0.2, 0.25) is 0 Å². The normalized spacial score (nSPS) is 14.9. The van der Waals surface area contributed by atoms with Crippen LogP contribution < -0.4 is 56.5 Å². The van der Waals surface area contributed by atoms with Crippen LogP contribution >= 0.6 is 0 Å². The molecule has 19 heteroatoms. The van der Waals surface area contributed by atoms with E-state index in [0.29, 0.717) is 0 Å². The zero-order valence-electron chi connectivity index (χ0n) is 12.0. The van der Waals surface area contributed by atoms with Gasteiger partial charge in [-0.15, -0.1) is 0 Å². The number of rotatable bonds is 6. The number of carboxylic acid groups (broad SMARTS) is 1. The van der Waals surface area contributed by atoms with E-state index < -0.39 is 47.7 Å². The van der Waals surface area contributed by atoms with Crippen molar-refractivity contribution < 1.29 is 133 Å². The molecule has 0 atom stereocenters. The van der Waals surface area contributed by atoms with Gasteiger partial charge in [-0.1, -0.05) is 0 Å². The van der Waals surface area contributed by atoms with Crippen LogP contribution in [0.25, 0.3) is 0 Å². The molecule has 27 heavy (non-hydrogen) atoms. The molecule has 0 aromatic carbocycles. The Kier molecular flexibility index (Phi) is 9.43. The minimum atomic E-state index is -8.50. The first-order chi connectivity index (χ1) is 10.4. The molecule has 0 radical (unpaired) electrons. The van der Waals surface area contributed by atoms with Crippen LogP contribution in [-0.4, -0.2) is 53.2 Å². The third-order valence-electron chi connectivity index (χ3n) is 2.58. The molecule has 0 spiro atoms. The average molecular weight is 470 g/mol. The van der Waals surface area contributed by atoms with Gasteiger partial charge < -0.3 is 15.4 Å². The molecule has 0 fully saturated rings. The summed E-state index contributed by atoms with van der Waals surface area (Å²) in [4.78, 5) is 9.61. The van der Waals surface area contributed by atoms with Crippen molar-refractivity contribution in [3.63, 3.8) is 0 Å². The minimum Gasteiger partial charge on any atom is -0.544 e. The van der Waals surface area contributed by atoms with Crippen molar-refractivity contribution in [2.45, 2.75) is 41.7 Å². The van der Waals surface area contributed by atoms with E-state index in [2.05, 4.69) is 0 Å². The Balaban J connectivity index is -0.00000288. The van der Waals surface area contributed by atoms with Crippen LogP contribution in [0.5, 0.6) is 0 Å². The molecule has 158 valence electrons. The van der Waals surface area contributed by atoms with Crippen molar-refractivity contribution in [3.05, 3.63) is 0 Å². The van der Waals surface area contributed by atoms with Crippen molar-refractivity contribution in [3.8, 4) is 0 Å². The molecule has 0 amide bonds. The summed E-state index contributed by atoms with van der Waals surface area (Å²) in [5, 5.41) is 9.61. The van der Waals surface area contributed by atoms with E-state index in [-0.39, 0.29) is 56.9 Å². The first-order valence-electron chi connectivity index (χ1n) is 4.99. The summed E-state index contributed by atoms with van der Waals surface area (Å²) < 4.78 is 186. The van der Waals surface area contributed by atoms with Crippen molar-refractivity contribution >= 4 is 5.97 Å². The van der Waals surface area contributed by atoms with Gasteiger partial charge in [0, 0.05) is 0 Å². The fraction of sp³-hybridized carbons (Fsp3) is 0.875. The number of halogens is 15. The molecular formula is C8H2F15KO3. The Bertz CT molecular complexity index is 540. The summed E-state index contributed by atoms with van der Waals surface area (Å²) in [6, 6.07) is 0. The molecule has 0 aliphatic rings. The summed E-state index contributed by atoms with van der Waals surface area (Å²) in [7, 11) is 0. The fourth-order valence-electron chi connectivity index (χ4n) is 1.09. The second-order valence-electron chi connectivity index (χ2n) is 4.23. The molecule has 0 aromatic heterocycles. The molecule has 0 aromatic rings. The Morgan fingerprint density at radius 2 is 0.741 bits per heavy atom. The average Bonchev–Trinajstić information content (AvgIpc) is 2.35. The molecule has 2 N–H and O–H groups in total. The van der Waals surface area contributed by atoms with E-state index in [1.165, 1.54) is 0 Å². The summed E-state index contributed by atoms with van der Waals surface area (Å²) in [6.07, 6.45) is -7.71. The van der Waals surface area contributed by atoms with Gasteiger partial charge in [-0.2, -0.15) is 65.9 Å². The Labute approximate surface area is 179 Å². The van der Waals surface area contributed by atoms with Gasteiger partial charge in [0.25, 0.3) is 0 Å². The van der Waals surface area contributed by atoms with E-state index in [1.807, 2.05) is 0 Å². The number of hydrogen-bond donors (Lipinski definition) is 0. The van der Waals surface area contributed by atoms with Crippen LogP contribution in [0.15, 0.2) is 0 Å². The third kappa shape index (κ3) is 4.17. The monoisotopic (exact) mass is 470 g/mol. The van der Waals surface area contributed by atoms with Gasteiger partial charge in [0.15, 0.2) is 0 Å². The number of carbonyl (C=O) groups is 1. The van der Waals surface area contributed by atoms with Crippen LogP contribution in [0.2, 0.25) is 0 Å². The molecular weight excluding hydrogens is 468 g/mol. The molecule has 0 saturated heterocycles. The van der Waals surface area contributed by atoms with Crippen molar-refractivity contribution in [1.29, 1.82) is 0 Å². The van der Waals surface area contributed by atoms with Gasteiger partial charge in [-0.3, -0.25) is 0 Å². The molecule has 0 heterocycles. The van der Waals surface area contributed by atoms with Crippen LogP contribution in [0.1, 0.15) is 0 Å². The van der Waals surface area contributed by atoms with Crippen LogP contribution in [0.3, 0.4) is 0 Å². The molecule has 0 saturated carbocycles. The minimum absolute atomic E-state index is 0. The first-order valence-corrected chi connectivity index (χ1v) is 4.99. The van der Waals surface area contributed by atoms with Crippen LogP contribution in [0, 0.1) is 0 Å². The van der Waals surface area contributed by atoms with Crippen LogP contribution in [-0.2, 0) is 4.79 Å². The third-order valence-corrected chi connectivity index (χ3v) is 2.58. The van der Waals surface area contributed by atoms with E-state index in [9.17, 15) is 75.8 Å². The predicted octanol–water partition coefficient (Wildman–Crippen LogP) is -0.710. The zero-order chi connectivity index (χ0) is 21.1. The van der Waals surface area contributed by atoms with Crippen molar-refractivity contribution in [2.24, 2.45) is 0 Å². The topological polar surface area (TPSA) is 71.6 Å². The van der Waals surface area contributed by atoms with Gasteiger partial charge in [-0.25, -0.2) is 0 Å². The number of carbonyl (C=O) groups excluding carboxylic acids is 1. The second kappa shape index (κ2) is 8.03. The Morgan fingerprint density at radius 3 is 0.963 bits per heavy atom. The standard InChI is InChI=1S/C8HF15O2.K.H2O/c9-2(10,1(24)25)3(11,12)4(13,14)5(15,16)6(17,18)7(19,20)8(21,22)23;;/h(H,24,25);;1H2/q;+1;/p-1. The molecule has 0 aliphatic carbocycles.